The first-order chi connectivity index (χ1) is 10.7. The first kappa shape index (κ1) is 13.7. The fourth-order valence-electron chi connectivity index (χ4n) is 3.30. The van der Waals surface area contributed by atoms with E-state index in [1.165, 1.54) is 16.7 Å². The van der Waals surface area contributed by atoms with Crippen molar-refractivity contribution in [2.75, 3.05) is 13.2 Å². The summed E-state index contributed by atoms with van der Waals surface area (Å²) < 4.78 is 12.3. The molecule has 2 aliphatic heterocycles. The van der Waals surface area contributed by atoms with Crippen molar-refractivity contribution in [3.63, 3.8) is 0 Å². The summed E-state index contributed by atoms with van der Waals surface area (Å²) in [7, 11) is 0. The Bertz CT molecular complexity index is 728. The van der Waals surface area contributed by atoms with Crippen LogP contribution in [-0.4, -0.2) is 19.4 Å². The van der Waals surface area contributed by atoms with Gasteiger partial charge in [-0.2, -0.15) is 0 Å². The molecular formula is C19H19NO2. The molecule has 4 rings (SSSR count). The summed E-state index contributed by atoms with van der Waals surface area (Å²) in [6, 6.07) is 14.8. The monoisotopic (exact) mass is 293 g/mol. The third kappa shape index (κ3) is 2.01. The van der Waals surface area contributed by atoms with E-state index in [2.05, 4.69) is 55.2 Å². The number of ether oxygens (including phenoxy) is 2. The maximum absolute atomic E-state index is 6.15. The molecule has 2 heterocycles. The molecule has 3 heteroatoms. The molecule has 0 aromatic heterocycles. The Labute approximate surface area is 130 Å². The van der Waals surface area contributed by atoms with E-state index in [0.29, 0.717) is 13.2 Å². The number of aliphatic imine (C=N–C) groups is 1. The minimum absolute atomic E-state index is 0.0232. The molecule has 0 radical (unpaired) electrons. The van der Waals surface area contributed by atoms with Gasteiger partial charge in [-0.15, -0.1) is 0 Å². The lowest BCUT2D eigenvalue weighted by Gasteiger charge is -2.37. The number of hydrogen-bond acceptors (Lipinski definition) is 3. The van der Waals surface area contributed by atoms with E-state index in [0.717, 1.165) is 11.3 Å². The zero-order valence-electron chi connectivity index (χ0n) is 12.9. The Hall–Kier alpha value is -1.97. The Balaban J connectivity index is 1.88. The number of fused-ring (bicyclic) bond motifs is 2. The van der Waals surface area contributed by atoms with E-state index in [-0.39, 0.29) is 5.92 Å². The third-order valence-electron chi connectivity index (χ3n) is 4.45. The van der Waals surface area contributed by atoms with Crippen LogP contribution in [0.1, 0.15) is 28.2 Å². The van der Waals surface area contributed by atoms with Crippen molar-refractivity contribution in [1.82, 2.24) is 0 Å². The van der Waals surface area contributed by atoms with Crippen LogP contribution < -0.4 is 0 Å². The van der Waals surface area contributed by atoms with E-state index in [9.17, 15) is 0 Å². The summed E-state index contributed by atoms with van der Waals surface area (Å²) in [5.74, 6) is -0.761. The van der Waals surface area contributed by atoms with Gasteiger partial charge in [0.15, 0.2) is 0 Å². The largest absolute Gasteiger partial charge is 0.343 e. The second-order valence-corrected chi connectivity index (χ2v) is 6.05. The quantitative estimate of drug-likeness (QED) is 0.795. The Morgan fingerprint density at radius 2 is 1.64 bits per heavy atom. The van der Waals surface area contributed by atoms with E-state index in [4.69, 9.17) is 9.47 Å². The van der Waals surface area contributed by atoms with E-state index < -0.39 is 5.79 Å². The predicted octanol–water partition coefficient (Wildman–Crippen LogP) is 4.00. The van der Waals surface area contributed by atoms with Gasteiger partial charge in [0.25, 0.3) is 0 Å². The molecule has 1 atom stereocenters. The summed E-state index contributed by atoms with van der Waals surface area (Å²) in [5.41, 5.74) is 5.59. The van der Waals surface area contributed by atoms with E-state index in [1.807, 2.05) is 12.3 Å². The van der Waals surface area contributed by atoms with Crippen LogP contribution in [-0.2, 0) is 15.3 Å². The van der Waals surface area contributed by atoms with Crippen LogP contribution in [0.4, 0.5) is 5.69 Å². The lowest BCUT2D eigenvalue weighted by molar-refractivity contribution is -0.171. The highest BCUT2D eigenvalue weighted by atomic mass is 16.7. The molecule has 2 aromatic rings. The van der Waals surface area contributed by atoms with Crippen LogP contribution in [0.3, 0.4) is 0 Å². The molecule has 3 nitrogen and oxygen atoms in total. The highest BCUT2D eigenvalue weighted by Crippen LogP contribution is 2.49. The molecule has 0 amide bonds. The first-order valence-electron chi connectivity index (χ1n) is 7.69. The van der Waals surface area contributed by atoms with Gasteiger partial charge in [0.1, 0.15) is 0 Å². The van der Waals surface area contributed by atoms with Gasteiger partial charge >= 0.3 is 0 Å². The van der Waals surface area contributed by atoms with Crippen LogP contribution >= 0.6 is 0 Å². The van der Waals surface area contributed by atoms with Gasteiger partial charge in [-0.1, -0.05) is 41.5 Å². The molecule has 2 aromatic carbocycles. The Kier molecular flexibility index (Phi) is 3.13. The molecule has 2 aliphatic rings. The number of rotatable bonds is 1. The average Bonchev–Trinajstić information content (AvgIpc) is 3.00. The summed E-state index contributed by atoms with van der Waals surface area (Å²) in [6.45, 7) is 5.41. The second-order valence-electron chi connectivity index (χ2n) is 6.05. The molecule has 0 saturated carbocycles. The van der Waals surface area contributed by atoms with Crippen LogP contribution in [0.15, 0.2) is 47.5 Å². The van der Waals surface area contributed by atoms with Gasteiger partial charge < -0.3 is 9.47 Å². The standard InChI is InChI=1S/C19H19NO2/c1-13-3-6-15(7-4-13)17-12-20-18-8-5-14(2)11-16(18)19(17)21-9-10-22-19/h3-8,11-12,17H,9-10H2,1-2H3. The number of benzene rings is 2. The minimum atomic E-state index is -0.738. The number of aryl methyl sites for hydroxylation is 2. The minimum Gasteiger partial charge on any atom is -0.343 e. The highest BCUT2D eigenvalue weighted by molar-refractivity contribution is 5.78. The van der Waals surface area contributed by atoms with Gasteiger partial charge in [-0.25, -0.2) is 0 Å². The molecule has 0 bridgehead atoms. The molecule has 1 saturated heterocycles. The number of nitrogens with zero attached hydrogens (tertiary/aromatic N) is 1. The van der Waals surface area contributed by atoms with Crippen LogP contribution in [0.5, 0.6) is 0 Å². The van der Waals surface area contributed by atoms with Crippen molar-refractivity contribution in [2.45, 2.75) is 25.6 Å². The van der Waals surface area contributed by atoms with Crippen molar-refractivity contribution in [2.24, 2.45) is 4.99 Å². The van der Waals surface area contributed by atoms with Gasteiger partial charge in [-0.05, 0) is 31.5 Å². The van der Waals surface area contributed by atoms with Crippen molar-refractivity contribution < 1.29 is 9.47 Å². The van der Waals surface area contributed by atoms with Gasteiger partial charge in [0, 0.05) is 11.8 Å². The van der Waals surface area contributed by atoms with Crippen molar-refractivity contribution in [3.05, 3.63) is 64.7 Å². The van der Waals surface area contributed by atoms with E-state index >= 15 is 0 Å². The summed E-state index contributed by atoms with van der Waals surface area (Å²) in [4.78, 5) is 4.65. The second kappa shape index (κ2) is 5.04. The lowest BCUT2D eigenvalue weighted by Crippen LogP contribution is -2.37. The zero-order valence-corrected chi connectivity index (χ0v) is 12.9. The SMILES string of the molecule is Cc1ccc(C2C=Nc3ccc(C)cc3C23OCCO3)cc1. The van der Waals surface area contributed by atoms with Crippen molar-refractivity contribution >= 4 is 11.9 Å². The molecular weight excluding hydrogens is 274 g/mol. The zero-order chi connectivity index (χ0) is 15.2. The lowest BCUT2D eigenvalue weighted by atomic mass is 9.83. The fourth-order valence-corrected chi connectivity index (χ4v) is 3.30. The predicted molar refractivity (Wildman–Crippen MR) is 86.8 cm³/mol. The van der Waals surface area contributed by atoms with Gasteiger partial charge in [-0.3, -0.25) is 4.99 Å². The molecule has 0 N–H and O–H groups in total. The van der Waals surface area contributed by atoms with Gasteiger partial charge in [0.05, 0.1) is 24.8 Å². The fraction of sp³-hybridized carbons (Fsp3) is 0.316. The summed E-state index contributed by atoms with van der Waals surface area (Å²) in [5, 5.41) is 0. The number of hydrogen-bond donors (Lipinski definition) is 0. The van der Waals surface area contributed by atoms with Crippen LogP contribution in [0, 0.1) is 13.8 Å². The van der Waals surface area contributed by atoms with Crippen molar-refractivity contribution in [3.8, 4) is 0 Å². The topological polar surface area (TPSA) is 30.8 Å². The highest BCUT2D eigenvalue weighted by Gasteiger charge is 2.49. The average molecular weight is 293 g/mol. The van der Waals surface area contributed by atoms with E-state index in [1.54, 1.807) is 0 Å². The van der Waals surface area contributed by atoms with Crippen molar-refractivity contribution in [1.29, 1.82) is 0 Å². The molecule has 1 spiro atoms. The maximum atomic E-state index is 6.15. The van der Waals surface area contributed by atoms with Crippen LogP contribution in [0.2, 0.25) is 0 Å². The third-order valence-corrected chi connectivity index (χ3v) is 4.45. The van der Waals surface area contributed by atoms with Crippen LogP contribution in [0.25, 0.3) is 0 Å². The normalized spacial score (nSPS) is 22.0. The summed E-state index contributed by atoms with van der Waals surface area (Å²) in [6.07, 6.45) is 1.97. The summed E-state index contributed by atoms with van der Waals surface area (Å²) >= 11 is 0. The Morgan fingerprint density at radius 3 is 2.36 bits per heavy atom. The Morgan fingerprint density at radius 1 is 0.955 bits per heavy atom. The molecule has 1 unspecified atom stereocenters. The molecule has 1 fully saturated rings. The smallest absolute Gasteiger partial charge is 0.209 e. The van der Waals surface area contributed by atoms with Gasteiger partial charge in [0.2, 0.25) is 5.79 Å². The molecule has 0 aliphatic carbocycles. The first-order valence-corrected chi connectivity index (χ1v) is 7.69. The maximum Gasteiger partial charge on any atom is 0.209 e. The molecule has 112 valence electrons. The molecule has 22 heavy (non-hydrogen) atoms.